The van der Waals surface area contributed by atoms with E-state index in [1.165, 1.54) is 16.0 Å². The molecule has 3 nitrogen and oxygen atoms in total. The first-order chi connectivity index (χ1) is 8.65. The first kappa shape index (κ1) is 11.5. The SMILES string of the molecule is Cc1nc(N2CCc3c(N)cccc3C2)sc1C. The summed E-state index contributed by atoms with van der Waals surface area (Å²) in [6.07, 6.45) is 1.01. The molecule has 0 unspecified atom stereocenters. The van der Waals surface area contributed by atoms with Crippen LogP contribution >= 0.6 is 11.3 Å². The average Bonchev–Trinajstić information content (AvgIpc) is 2.70. The lowest BCUT2D eigenvalue weighted by molar-refractivity contribution is 0.729. The number of fused-ring (bicyclic) bond motifs is 1. The summed E-state index contributed by atoms with van der Waals surface area (Å²) in [5.41, 5.74) is 10.8. The summed E-state index contributed by atoms with van der Waals surface area (Å²) in [4.78, 5) is 8.30. The molecule has 1 aromatic carbocycles. The number of hydrogen-bond donors (Lipinski definition) is 1. The molecule has 3 rings (SSSR count). The van der Waals surface area contributed by atoms with Crippen LogP contribution in [0.3, 0.4) is 0 Å². The fraction of sp³-hybridized carbons (Fsp3) is 0.357. The highest BCUT2D eigenvalue weighted by Gasteiger charge is 2.20. The van der Waals surface area contributed by atoms with E-state index in [-0.39, 0.29) is 0 Å². The van der Waals surface area contributed by atoms with Gasteiger partial charge >= 0.3 is 0 Å². The summed E-state index contributed by atoms with van der Waals surface area (Å²) >= 11 is 1.78. The van der Waals surface area contributed by atoms with Crippen molar-refractivity contribution in [3.8, 4) is 0 Å². The molecule has 1 aromatic heterocycles. The summed E-state index contributed by atoms with van der Waals surface area (Å²) in [5.74, 6) is 0. The van der Waals surface area contributed by atoms with Crippen molar-refractivity contribution in [3.63, 3.8) is 0 Å². The first-order valence-corrected chi connectivity index (χ1v) is 7.02. The second-order valence-electron chi connectivity index (χ2n) is 4.79. The molecular formula is C14H17N3S. The summed E-state index contributed by atoms with van der Waals surface area (Å²) in [5, 5.41) is 1.14. The van der Waals surface area contributed by atoms with Crippen LogP contribution in [0.4, 0.5) is 10.8 Å². The molecule has 4 heteroatoms. The Morgan fingerprint density at radius 1 is 1.33 bits per heavy atom. The lowest BCUT2D eigenvalue weighted by atomic mass is 9.98. The van der Waals surface area contributed by atoms with Crippen molar-refractivity contribution in [3.05, 3.63) is 39.9 Å². The maximum atomic E-state index is 6.02. The molecule has 0 saturated carbocycles. The topological polar surface area (TPSA) is 42.2 Å². The minimum atomic E-state index is 0.923. The average molecular weight is 259 g/mol. The zero-order valence-corrected chi connectivity index (χ0v) is 11.5. The van der Waals surface area contributed by atoms with E-state index < -0.39 is 0 Å². The number of rotatable bonds is 1. The van der Waals surface area contributed by atoms with Crippen LogP contribution in [0.1, 0.15) is 21.7 Å². The molecule has 18 heavy (non-hydrogen) atoms. The van der Waals surface area contributed by atoms with Crippen molar-refractivity contribution in [2.75, 3.05) is 17.2 Å². The lowest BCUT2D eigenvalue weighted by Crippen LogP contribution is -2.30. The molecule has 1 aliphatic heterocycles. The van der Waals surface area contributed by atoms with E-state index in [1.807, 2.05) is 12.1 Å². The second kappa shape index (κ2) is 4.28. The van der Waals surface area contributed by atoms with Crippen molar-refractivity contribution >= 4 is 22.2 Å². The Bertz CT molecular complexity index is 569. The Hall–Kier alpha value is -1.55. The number of thiazole rings is 1. The normalized spacial score (nSPS) is 14.7. The minimum Gasteiger partial charge on any atom is -0.398 e. The fourth-order valence-corrected chi connectivity index (χ4v) is 3.33. The fourth-order valence-electron chi connectivity index (χ4n) is 2.39. The van der Waals surface area contributed by atoms with Gasteiger partial charge in [0.1, 0.15) is 0 Å². The number of aryl methyl sites for hydroxylation is 2. The van der Waals surface area contributed by atoms with Gasteiger partial charge in [0.15, 0.2) is 5.13 Å². The molecule has 2 N–H and O–H groups in total. The van der Waals surface area contributed by atoms with Gasteiger partial charge in [-0.15, -0.1) is 11.3 Å². The molecule has 0 saturated heterocycles. The molecule has 1 aliphatic rings. The smallest absolute Gasteiger partial charge is 0.186 e. The Balaban J connectivity index is 1.91. The van der Waals surface area contributed by atoms with Crippen LogP contribution in [0.2, 0.25) is 0 Å². The molecule has 2 heterocycles. The van der Waals surface area contributed by atoms with Gasteiger partial charge in [0.2, 0.25) is 0 Å². The van der Waals surface area contributed by atoms with Gasteiger partial charge in [-0.3, -0.25) is 0 Å². The molecule has 0 amide bonds. The van der Waals surface area contributed by atoms with E-state index >= 15 is 0 Å². The van der Waals surface area contributed by atoms with Crippen molar-refractivity contribution in [1.82, 2.24) is 4.98 Å². The maximum Gasteiger partial charge on any atom is 0.186 e. The highest BCUT2D eigenvalue weighted by Crippen LogP contribution is 2.31. The van der Waals surface area contributed by atoms with E-state index in [4.69, 9.17) is 5.73 Å². The van der Waals surface area contributed by atoms with Crippen molar-refractivity contribution in [1.29, 1.82) is 0 Å². The minimum absolute atomic E-state index is 0.923. The van der Waals surface area contributed by atoms with Crippen molar-refractivity contribution in [2.45, 2.75) is 26.8 Å². The summed E-state index contributed by atoms with van der Waals surface area (Å²) in [7, 11) is 0. The highest BCUT2D eigenvalue weighted by atomic mass is 32.1. The van der Waals surface area contributed by atoms with Crippen molar-refractivity contribution < 1.29 is 0 Å². The Labute approximate surface area is 111 Å². The van der Waals surface area contributed by atoms with Crippen LogP contribution in [0.25, 0.3) is 0 Å². The van der Waals surface area contributed by atoms with Crippen molar-refractivity contribution in [2.24, 2.45) is 0 Å². The number of hydrogen-bond acceptors (Lipinski definition) is 4. The van der Waals surface area contributed by atoms with Crippen LogP contribution in [0.15, 0.2) is 18.2 Å². The van der Waals surface area contributed by atoms with Gasteiger partial charge in [0.05, 0.1) is 5.69 Å². The second-order valence-corrected chi connectivity index (χ2v) is 5.98. The summed E-state index contributed by atoms with van der Waals surface area (Å²) < 4.78 is 0. The molecule has 0 atom stereocenters. The zero-order valence-electron chi connectivity index (χ0n) is 10.7. The predicted molar refractivity (Wildman–Crippen MR) is 77.2 cm³/mol. The quantitative estimate of drug-likeness (QED) is 0.801. The highest BCUT2D eigenvalue weighted by molar-refractivity contribution is 7.15. The van der Waals surface area contributed by atoms with Gasteiger partial charge in [0.25, 0.3) is 0 Å². The molecule has 0 aliphatic carbocycles. The molecule has 0 fully saturated rings. The van der Waals surface area contributed by atoms with E-state index in [1.54, 1.807) is 11.3 Å². The molecule has 0 bridgehead atoms. The van der Waals surface area contributed by atoms with Gasteiger partial charge in [-0.25, -0.2) is 4.98 Å². The van der Waals surface area contributed by atoms with Gasteiger partial charge in [-0.2, -0.15) is 0 Å². The van der Waals surface area contributed by atoms with Crippen LogP contribution in [-0.2, 0) is 13.0 Å². The van der Waals surface area contributed by atoms with Gasteiger partial charge in [0, 0.05) is 23.7 Å². The molecule has 2 aromatic rings. The van der Waals surface area contributed by atoms with E-state index in [0.29, 0.717) is 0 Å². The molecular weight excluding hydrogens is 242 g/mol. The first-order valence-electron chi connectivity index (χ1n) is 6.20. The number of nitrogens with zero attached hydrogens (tertiary/aromatic N) is 2. The van der Waals surface area contributed by atoms with Gasteiger partial charge < -0.3 is 10.6 Å². The summed E-state index contributed by atoms with van der Waals surface area (Å²) in [6.45, 7) is 6.14. The molecule has 0 radical (unpaired) electrons. The van der Waals surface area contributed by atoms with E-state index in [2.05, 4.69) is 29.8 Å². The molecule has 0 spiro atoms. The van der Waals surface area contributed by atoms with Gasteiger partial charge in [-0.05, 0) is 37.5 Å². The number of nitrogens with two attached hydrogens (primary N) is 1. The van der Waals surface area contributed by atoms with E-state index in [9.17, 15) is 0 Å². The zero-order chi connectivity index (χ0) is 12.7. The number of nitrogen functional groups attached to an aromatic ring is 1. The Kier molecular flexibility index (Phi) is 2.74. The standard InChI is InChI=1S/C14H17N3S/c1-9-10(2)18-14(16-9)17-7-6-12-11(8-17)4-3-5-13(12)15/h3-5H,6-8,15H2,1-2H3. The third kappa shape index (κ3) is 1.86. The monoisotopic (exact) mass is 259 g/mol. The Morgan fingerprint density at radius 2 is 2.17 bits per heavy atom. The maximum absolute atomic E-state index is 6.02. The number of anilines is 2. The third-order valence-corrected chi connectivity index (χ3v) is 4.72. The van der Waals surface area contributed by atoms with Crippen LogP contribution in [0, 0.1) is 13.8 Å². The Morgan fingerprint density at radius 3 is 2.89 bits per heavy atom. The largest absolute Gasteiger partial charge is 0.398 e. The van der Waals surface area contributed by atoms with Gasteiger partial charge in [-0.1, -0.05) is 12.1 Å². The van der Waals surface area contributed by atoms with E-state index in [0.717, 1.165) is 36.0 Å². The number of aromatic nitrogens is 1. The van der Waals surface area contributed by atoms with Crippen LogP contribution in [-0.4, -0.2) is 11.5 Å². The third-order valence-electron chi connectivity index (χ3n) is 3.59. The van der Waals surface area contributed by atoms with Crippen LogP contribution in [0.5, 0.6) is 0 Å². The van der Waals surface area contributed by atoms with Crippen LogP contribution < -0.4 is 10.6 Å². The number of benzene rings is 1. The summed E-state index contributed by atoms with van der Waals surface area (Å²) in [6, 6.07) is 6.20. The predicted octanol–water partition coefficient (Wildman–Crippen LogP) is 2.90. The molecule has 94 valence electrons. The lowest BCUT2D eigenvalue weighted by Gasteiger charge is -2.29.